The van der Waals surface area contributed by atoms with E-state index in [-0.39, 0.29) is 17.7 Å². The van der Waals surface area contributed by atoms with Crippen LogP contribution in [0.2, 0.25) is 0 Å². The summed E-state index contributed by atoms with van der Waals surface area (Å²) in [4.78, 5) is 25.9. The third-order valence-electron chi connectivity index (χ3n) is 4.08. The first kappa shape index (κ1) is 16.3. The second-order valence-electron chi connectivity index (χ2n) is 5.60. The van der Waals surface area contributed by atoms with E-state index < -0.39 is 0 Å². The van der Waals surface area contributed by atoms with Gasteiger partial charge in [-0.25, -0.2) is 0 Å². The Labute approximate surface area is 145 Å². The van der Waals surface area contributed by atoms with Crippen molar-refractivity contribution in [3.05, 3.63) is 70.9 Å². The minimum absolute atomic E-state index is 0.236. The first-order valence-electron chi connectivity index (χ1n) is 7.63. The Morgan fingerprint density at radius 1 is 1.17 bits per heavy atom. The molecular formula is C19H18N2O2S. The molecular weight excluding hydrogens is 320 g/mol. The molecule has 2 amide bonds. The number of aryl methyl sites for hydroxylation is 1. The number of carbonyl (C=O) groups is 2. The van der Waals surface area contributed by atoms with Gasteiger partial charge in [0.2, 0.25) is 0 Å². The average molecular weight is 338 g/mol. The molecule has 1 fully saturated rings. The second kappa shape index (κ2) is 6.53. The Morgan fingerprint density at radius 3 is 2.71 bits per heavy atom. The highest BCUT2D eigenvalue weighted by molar-refractivity contribution is 8.18. The number of imide groups is 1. The average Bonchev–Trinajstić information content (AvgIpc) is 3.11. The van der Waals surface area contributed by atoms with Gasteiger partial charge in [0.1, 0.15) is 0 Å². The van der Waals surface area contributed by atoms with Gasteiger partial charge in [0.15, 0.2) is 0 Å². The fraction of sp³-hybridized carbons (Fsp3) is 0.158. The summed E-state index contributed by atoms with van der Waals surface area (Å²) in [6.07, 6.45) is 5.29. The molecule has 0 aliphatic carbocycles. The zero-order chi connectivity index (χ0) is 17.3. The fourth-order valence-corrected chi connectivity index (χ4v) is 3.48. The van der Waals surface area contributed by atoms with Gasteiger partial charge in [-0.3, -0.25) is 14.5 Å². The zero-order valence-electron chi connectivity index (χ0n) is 13.7. The van der Waals surface area contributed by atoms with Crippen LogP contribution in [-0.2, 0) is 4.79 Å². The van der Waals surface area contributed by atoms with Gasteiger partial charge in [0.25, 0.3) is 11.1 Å². The molecule has 0 saturated carbocycles. The van der Waals surface area contributed by atoms with Crippen molar-refractivity contribution in [3.8, 4) is 5.69 Å². The third-order valence-corrected chi connectivity index (χ3v) is 4.99. The lowest BCUT2D eigenvalue weighted by molar-refractivity contribution is -0.122. The first-order chi connectivity index (χ1) is 11.5. The van der Waals surface area contributed by atoms with Gasteiger partial charge >= 0.3 is 0 Å². The van der Waals surface area contributed by atoms with Gasteiger partial charge in [-0.1, -0.05) is 18.2 Å². The normalized spacial score (nSPS) is 16.2. The largest absolute Gasteiger partial charge is 0.317 e. The first-order valence-corrected chi connectivity index (χ1v) is 8.45. The molecule has 4 nitrogen and oxygen atoms in total. The number of nitrogens with zero attached hydrogens (tertiary/aromatic N) is 2. The smallest absolute Gasteiger partial charge is 0.293 e. The Kier molecular flexibility index (Phi) is 4.44. The number of hydrogen-bond acceptors (Lipinski definition) is 3. The number of hydrogen-bond donors (Lipinski definition) is 0. The van der Waals surface area contributed by atoms with Gasteiger partial charge in [0.05, 0.1) is 4.91 Å². The molecule has 0 spiro atoms. The van der Waals surface area contributed by atoms with E-state index in [2.05, 4.69) is 26.5 Å². The van der Waals surface area contributed by atoms with Gasteiger partial charge < -0.3 is 4.57 Å². The van der Waals surface area contributed by atoms with Crippen LogP contribution in [0.3, 0.4) is 0 Å². The van der Waals surface area contributed by atoms with Crippen molar-refractivity contribution in [2.45, 2.75) is 13.8 Å². The lowest BCUT2D eigenvalue weighted by Crippen LogP contribution is -2.27. The van der Waals surface area contributed by atoms with E-state index in [4.69, 9.17) is 0 Å². The third kappa shape index (κ3) is 2.83. The molecule has 0 atom stereocenters. The summed E-state index contributed by atoms with van der Waals surface area (Å²) in [6.45, 7) is 7.97. The van der Waals surface area contributed by atoms with Crippen LogP contribution in [0, 0.1) is 13.8 Å². The molecule has 0 bridgehead atoms. The van der Waals surface area contributed by atoms with Crippen LogP contribution in [0.4, 0.5) is 4.79 Å². The maximum absolute atomic E-state index is 12.4. The monoisotopic (exact) mass is 338 g/mol. The molecule has 1 aliphatic heterocycles. The standard InChI is InChI=1S/C19H18N2O2S/c1-4-10-21-18(22)17(24-19(21)23)12-15-8-6-11-20(15)16-9-5-7-13(2)14(16)3/h4-9,11-12H,1,10H2,2-3H3/b17-12+. The summed E-state index contributed by atoms with van der Waals surface area (Å²) < 4.78 is 2.03. The number of amides is 2. The number of benzene rings is 1. The van der Waals surface area contributed by atoms with Gasteiger partial charge in [0, 0.05) is 24.1 Å². The predicted molar refractivity (Wildman–Crippen MR) is 98.1 cm³/mol. The van der Waals surface area contributed by atoms with Crippen LogP contribution in [0.15, 0.2) is 54.1 Å². The summed E-state index contributed by atoms with van der Waals surface area (Å²) in [5, 5.41) is -0.254. The lowest BCUT2D eigenvalue weighted by atomic mass is 10.1. The van der Waals surface area contributed by atoms with Crippen LogP contribution in [0.25, 0.3) is 11.8 Å². The van der Waals surface area contributed by atoms with Crippen molar-refractivity contribution in [2.24, 2.45) is 0 Å². The molecule has 1 aliphatic rings. The highest BCUT2D eigenvalue weighted by Gasteiger charge is 2.34. The molecule has 1 saturated heterocycles. The highest BCUT2D eigenvalue weighted by atomic mass is 32.2. The molecule has 5 heteroatoms. The van der Waals surface area contributed by atoms with E-state index in [9.17, 15) is 9.59 Å². The van der Waals surface area contributed by atoms with E-state index in [1.807, 2.05) is 35.0 Å². The number of rotatable bonds is 4. The Balaban J connectivity index is 2.00. The summed E-state index contributed by atoms with van der Waals surface area (Å²) >= 11 is 0.969. The number of aromatic nitrogens is 1. The molecule has 1 aromatic carbocycles. The Hall–Kier alpha value is -2.53. The number of thioether (sulfide) groups is 1. The quantitative estimate of drug-likeness (QED) is 0.616. The van der Waals surface area contributed by atoms with Crippen molar-refractivity contribution in [3.63, 3.8) is 0 Å². The maximum atomic E-state index is 12.4. The predicted octanol–water partition coefficient (Wildman–Crippen LogP) is 4.32. The highest BCUT2D eigenvalue weighted by Crippen LogP contribution is 2.32. The summed E-state index contributed by atoms with van der Waals surface area (Å²) in [5.74, 6) is -0.265. The van der Waals surface area contributed by atoms with E-state index >= 15 is 0 Å². The molecule has 122 valence electrons. The van der Waals surface area contributed by atoms with E-state index in [0.717, 1.165) is 23.1 Å². The van der Waals surface area contributed by atoms with Gasteiger partial charge in [-0.2, -0.15) is 0 Å². The van der Waals surface area contributed by atoms with Crippen molar-refractivity contribution >= 4 is 29.0 Å². The summed E-state index contributed by atoms with van der Waals surface area (Å²) in [6, 6.07) is 10.00. The zero-order valence-corrected chi connectivity index (χ0v) is 14.5. The van der Waals surface area contributed by atoms with E-state index in [1.165, 1.54) is 16.0 Å². The van der Waals surface area contributed by atoms with Gasteiger partial charge in [-0.15, -0.1) is 6.58 Å². The molecule has 2 heterocycles. The summed E-state index contributed by atoms with van der Waals surface area (Å²) in [7, 11) is 0. The van der Waals surface area contributed by atoms with Crippen LogP contribution in [-0.4, -0.2) is 27.2 Å². The molecule has 1 aromatic heterocycles. The Morgan fingerprint density at radius 2 is 1.96 bits per heavy atom. The fourth-order valence-electron chi connectivity index (χ4n) is 2.65. The maximum Gasteiger partial charge on any atom is 0.293 e. The summed E-state index contributed by atoms with van der Waals surface area (Å²) in [5.41, 5.74) is 4.32. The van der Waals surface area contributed by atoms with Crippen molar-refractivity contribution in [1.82, 2.24) is 9.47 Å². The van der Waals surface area contributed by atoms with E-state index in [1.54, 1.807) is 12.2 Å². The SMILES string of the molecule is C=CCN1C(=O)S/C(=C/c2cccn2-c2cccc(C)c2C)C1=O. The van der Waals surface area contributed by atoms with Crippen molar-refractivity contribution < 1.29 is 9.59 Å². The van der Waals surface area contributed by atoms with Crippen LogP contribution < -0.4 is 0 Å². The van der Waals surface area contributed by atoms with Gasteiger partial charge in [-0.05, 0) is 61.0 Å². The molecule has 0 radical (unpaired) electrons. The van der Waals surface area contributed by atoms with Crippen LogP contribution in [0.1, 0.15) is 16.8 Å². The second-order valence-corrected chi connectivity index (χ2v) is 6.60. The molecule has 3 rings (SSSR count). The Bertz CT molecular complexity index is 864. The van der Waals surface area contributed by atoms with Crippen molar-refractivity contribution in [1.29, 1.82) is 0 Å². The minimum Gasteiger partial charge on any atom is -0.317 e. The molecule has 24 heavy (non-hydrogen) atoms. The topological polar surface area (TPSA) is 42.3 Å². The van der Waals surface area contributed by atoms with Crippen LogP contribution in [0.5, 0.6) is 0 Å². The number of carbonyl (C=O) groups excluding carboxylic acids is 2. The molecule has 0 unspecified atom stereocenters. The van der Waals surface area contributed by atoms with Crippen molar-refractivity contribution in [2.75, 3.05) is 6.54 Å². The van der Waals surface area contributed by atoms with E-state index in [0.29, 0.717) is 4.91 Å². The van der Waals surface area contributed by atoms with Crippen LogP contribution >= 0.6 is 11.8 Å². The minimum atomic E-state index is -0.265. The molecule has 2 aromatic rings. The molecule has 0 N–H and O–H groups in total. The lowest BCUT2D eigenvalue weighted by Gasteiger charge is -2.12.